The molecule has 84 valence electrons. The van der Waals surface area contributed by atoms with E-state index in [0.29, 0.717) is 5.69 Å². The van der Waals surface area contributed by atoms with Gasteiger partial charge in [-0.2, -0.15) is 8.42 Å². The van der Waals surface area contributed by atoms with Crippen LogP contribution in [0.25, 0.3) is 0 Å². The summed E-state index contributed by atoms with van der Waals surface area (Å²) in [5.74, 6) is 0.0664. The maximum atomic E-state index is 11.2. The van der Waals surface area contributed by atoms with Gasteiger partial charge in [0.05, 0.1) is 10.9 Å². The van der Waals surface area contributed by atoms with Crippen molar-refractivity contribution in [3.05, 3.63) is 18.0 Å². The van der Waals surface area contributed by atoms with E-state index >= 15 is 0 Å². The second kappa shape index (κ2) is 3.94. The largest absolute Gasteiger partial charge is 0.365 e. The van der Waals surface area contributed by atoms with Gasteiger partial charge in [-0.15, -0.1) is 0 Å². The molecule has 1 aromatic heterocycles. The lowest BCUT2D eigenvalue weighted by Gasteiger charge is -2.31. The van der Waals surface area contributed by atoms with Gasteiger partial charge in [-0.3, -0.25) is 4.55 Å². The summed E-state index contributed by atoms with van der Waals surface area (Å²) in [4.78, 5) is 0. The second-order valence-corrected chi connectivity index (χ2v) is 5.57. The van der Waals surface area contributed by atoms with E-state index in [0.717, 1.165) is 19.3 Å². The summed E-state index contributed by atoms with van der Waals surface area (Å²) in [6, 6.07) is 1.62. The Labute approximate surface area is 88.2 Å². The number of nitrogens with zero attached hydrogens (tertiary/aromatic N) is 1. The normalized spacial score (nSPS) is 19.8. The first-order chi connectivity index (χ1) is 7.07. The number of hydrogen-bond acceptors (Lipinski definition) is 4. The minimum Gasteiger partial charge on any atom is -0.365 e. The van der Waals surface area contributed by atoms with Crippen LogP contribution in [0, 0.1) is 5.92 Å². The molecule has 0 bridgehead atoms. The molecule has 0 saturated heterocycles. The maximum absolute atomic E-state index is 11.2. The van der Waals surface area contributed by atoms with Crippen LogP contribution in [-0.4, -0.2) is 23.4 Å². The van der Waals surface area contributed by atoms with Gasteiger partial charge in [0.25, 0.3) is 10.1 Å². The first-order valence-corrected chi connectivity index (χ1v) is 6.43. The Morgan fingerprint density at radius 3 is 2.73 bits per heavy atom. The van der Waals surface area contributed by atoms with E-state index in [2.05, 4.69) is 9.68 Å². The molecule has 1 atom stereocenters. The molecular weight excluding hydrogens is 218 g/mol. The average molecular weight is 231 g/mol. The van der Waals surface area contributed by atoms with E-state index in [-0.39, 0.29) is 12.3 Å². The molecule has 6 heteroatoms. The van der Waals surface area contributed by atoms with Crippen molar-refractivity contribution in [2.24, 2.45) is 5.92 Å². The van der Waals surface area contributed by atoms with Crippen LogP contribution in [0.5, 0.6) is 0 Å². The van der Waals surface area contributed by atoms with Crippen LogP contribution in [0.15, 0.2) is 16.9 Å². The summed E-state index contributed by atoms with van der Waals surface area (Å²) in [5.41, 5.74) is 0.574. The summed E-state index contributed by atoms with van der Waals surface area (Å²) in [7, 11) is -3.98. The van der Waals surface area contributed by atoms with Gasteiger partial charge in [0.1, 0.15) is 6.26 Å². The molecule has 1 aliphatic rings. The van der Waals surface area contributed by atoms with Gasteiger partial charge < -0.3 is 4.52 Å². The quantitative estimate of drug-likeness (QED) is 0.789. The van der Waals surface area contributed by atoms with Crippen molar-refractivity contribution >= 4 is 10.1 Å². The Morgan fingerprint density at radius 2 is 2.33 bits per heavy atom. The van der Waals surface area contributed by atoms with Gasteiger partial charge in [-0.25, -0.2) is 0 Å². The van der Waals surface area contributed by atoms with Gasteiger partial charge in [0, 0.05) is 12.5 Å². The molecule has 1 saturated carbocycles. The smallest absolute Gasteiger partial charge is 0.268 e. The minimum atomic E-state index is -3.98. The molecule has 15 heavy (non-hydrogen) atoms. The number of hydrogen-bond donors (Lipinski definition) is 1. The third-order valence-electron chi connectivity index (χ3n) is 2.96. The average Bonchev–Trinajstić information content (AvgIpc) is 2.50. The highest BCUT2D eigenvalue weighted by Gasteiger charge is 2.36. The first-order valence-electron chi connectivity index (χ1n) is 4.93. The molecule has 0 spiro atoms. The summed E-state index contributed by atoms with van der Waals surface area (Å²) >= 11 is 0. The van der Waals surface area contributed by atoms with Crippen molar-refractivity contribution in [2.45, 2.75) is 30.9 Å². The zero-order valence-corrected chi connectivity index (χ0v) is 8.98. The highest BCUT2D eigenvalue weighted by atomic mass is 32.2. The standard InChI is InChI=1S/C9H13NO4S/c11-15(12,13)9(7-2-1-3-7)6-8-4-5-14-10-8/h4-5,7,9H,1-3,6H2,(H,11,12,13). The predicted molar refractivity (Wildman–Crippen MR) is 52.9 cm³/mol. The Hall–Kier alpha value is -0.880. The molecule has 0 radical (unpaired) electrons. The van der Waals surface area contributed by atoms with Crippen molar-refractivity contribution in [2.75, 3.05) is 0 Å². The van der Waals surface area contributed by atoms with Gasteiger partial charge >= 0.3 is 0 Å². The monoisotopic (exact) mass is 231 g/mol. The van der Waals surface area contributed by atoms with E-state index in [9.17, 15) is 8.42 Å². The zero-order valence-electron chi connectivity index (χ0n) is 8.17. The van der Waals surface area contributed by atoms with Gasteiger partial charge in [-0.05, 0) is 18.8 Å². The second-order valence-electron chi connectivity index (χ2n) is 3.94. The Balaban J connectivity index is 2.12. The van der Waals surface area contributed by atoms with Crippen LogP contribution in [-0.2, 0) is 16.5 Å². The predicted octanol–water partition coefficient (Wildman–Crippen LogP) is 1.27. The number of aromatic nitrogens is 1. The molecule has 1 aromatic rings. The fourth-order valence-corrected chi connectivity index (χ4v) is 3.02. The first kappa shape index (κ1) is 10.6. The van der Waals surface area contributed by atoms with Crippen LogP contribution in [0.3, 0.4) is 0 Å². The van der Waals surface area contributed by atoms with Gasteiger partial charge in [-0.1, -0.05) is 11.6 Å². The van der Waals surface area contributed by atoms with Crippen molar-refractivity contribution in [3.63, 3.8) is 0 Å². The van der Waals surface area contributed by atoms with Gasteiger partial charge in [0.2, 0.25) is 0 Å². The summed E-state index contributed by atoms with van der Waals surface area (Å²) in [6.45, 7) is 0. The molecule has 0 aliphatic heterocycles. The Kier molecular flexibility index (Phi) is 2.79. The summed E-state index contributed by atoms with van der Waals surface area (Å²) in [5, 5.41) is 2.93. The molecule has 1 fully saturated rings. The van der Waals surface area contributed by atoms with Crippen LogP contribution < -0.4 is 0 Å². The Morgan fingerprint density at radius 1 is 1.60 bits per heavy atom. The summed E-state index contributed by atoms with van der Waals surface area (Å²) in [6.07, 6.45) is 4.40. The fraction of sp³-hybridized carbons (Fsp3) is 0.667. The van der Waals surface area contributed by atoms with E-state index in [1.165, 1.54) is 6.26 Å². The molecule has 0 aromatic carbocycles. The summed E-state index contributed by atoms with van der Waals surface area (Å²) < 4.78 is 36.1. The lowest BCUT2D eigenvalue weighted by Crippen LogP contribution is -2.35. The molecule has 2 rings (SSSR count). The topological polar surface area (TPSA) is 80.4 Å². The molecule has 1 aliphatic carbocycles. The van der Waals surface area contributed by atoms with E-state index in [4.69, 9.17) is 4.55 Å². The van der Waals surface area contributed by atoms with Crippen molar-refractivity contribution in [1.82, 2.24) is 5.16 Å². The lowest BCUT2D eigenvalue weighted by molar-refractivity contribution is 0.283. The molecule has 1 N–H and O–H groups in total. The third kappa shape index (κ3) is 2.38. The van der Waals surface area contributed by atoms with E-state index in [1.807, 2.05) is 0 Å². The van der Waals surface area contributed by atoms with Crippen LogP contribution in [0.2, 0.25) is 0 Å². The van der Waals surface area contributed by atoms with Crippen molar-refractivity contribution in [3.8, 4) is 0 Å². The highest BCUT2D eigenvalue weighted by Crippen LogP contribution is 2.34. The fourth-order valence-electron chi connectivity index (χ4n) is 1.88. The minimum absolute atomic E-state index is 0.0664. The van der Waals surface area contributed by atoms with Crippen LogP contribution in [0.1, 0.15) is 25.0 Å². The van der Waals surface area contributed by atoms with Crippen LogP contribution in [0.4, 0.5) is 0 Å². The number of rotatable bonds is 4. The highest BCUT2D eigenvalue weighted by molar-refractivity contribution is 7.86. The maximum Gasteiger partial charge on any atom is 0.268 e. The third-order valence-corrected chi connectivity index (χ3v) is 4.28. The van der Waals surface area contributed by atoms with E-state index < -0.39 is 15.4 Å². The zero-order chi connectivity index (χ0) is 10.9. The van der Waals surface area contributed by atoms with E-state index in [1.54, 1.807) is 6.07 Å². The SMILES string of the molecule is O=S(=O)(O)C(Cc1ccon1)C1CCC1. The lowest BCUT2D eigenvalue weighted by atomic mass is 9.81. The molecule has 1 heterocycles. The van der Waals surface area contributed by atoms with Crippen molar-refractivity contribution in [1.29, 1.82) is 0 Å². The molecule has 5 nitrogen and oxygen atoms in total. The molecular formula is C9H13NO4S. The Bertz CT molecular complexity index is 407. The van der Waals surface area contributed by atoms with Crippen LogP contribution >= 0.6 is 0 Å². The van der Waals surface area contributed by atoms with Crippen molar-refractivity contribution < 1.29 is 17.5 Å². The van der Waals surface area contributed by atoms with Gasteiger partial charge in [0.15, 0.2) is 0 Å². The molecule has 1 unspecified atom stereocenters. The molecule has 0 amide bonds.